The number of carbonyl (C=O) groups is 1. The van der Waals surface area contributed by atoms with E-state index in [-0.39, 0.29) is 31.8 Å². The predicted molar refractivity (Wildman–Crippen MR) is 256 cm³/mol. The van der Waals surface area contributed by atoms with Crippen molar-refractivity contribution in [3.63, 3.8) is 0 Å². The summed E-state index contributed by atoms with van der Waals surface area (Å²) in [4.78, 5) is 12.8. The molecule has 348 valence electrons. The topological polar surface area (TPSA) is 90.9 Å². The van der Waals surface area contributed by atoms with Crippen LogP contribution < -0.4 is 4.74 Å². The van der Waals surface area contributed by atoms with Crippen LogP contribution in [-0.2, 0) is 83.8 Å². The fourth-order valence-corrected chi connectivity index (χ4v) is 10.2. The highest BCUT2D eigenvalue weighted by Gasteiger charge is 2.52. The second-order valence-corrected chi connectivity index (χ2v) is 18.0. The summed E-state index contributed by atoms with van der Waals surface area (Å²) in [6, 6.07) is 56.7. The van der Waals surface area contributed by atoms with E-state index in [0.717, 1.165) is 64.8 Å². The summed E-state index contributed by atoms with van der Waals surface area (Å²) in [7, 11) is 0. The first-order valence-corrected chi connectivity index (χ1v) is 23.9. The molecule has 0 N–H and O–H groups in total. The summed E-state index contributed by atoms with van der Waals surface area (Å²) in [5.41, 5.74) is 7.57. The molecule has 67 heavy (non-hydrogen) atoms. The minimum Gasteiger partial charge on any atom is -0.482 e. The first-order valence-electron chi connectivity index (χ1n) is 23.9. The summed E-state index contributed by atoms with van der Waals surface area (Å²) >= 11 is 0. The number of hydrogen-bond acceptors (Lipinski definition) is 9. The van der Waals surface area contributed by atoms with Gasteiger partial charge in [0.15, 0.2) is 12.9 Å². The van der Waals surface area contributed by atoms with E-state index in [1.807, 2.05) is 115 Å². The number of fused-ring (bicyclic) bond motifs is 2. The highest BCUT2D eigenvalue weighted by atomic mass is 16.7. The molecule has 1 saturated heterocycles. The second-order valence-electron chi connectivity index (χ2n) is 18.0. The van der Waals surface area contributed by atoms with Gasteiger partial charge in [0, 0.05) is 0 Å². The van der Waals surface area contributed by atoms with Gasteiger partial charge in [-0.3, -0.25) is 0 Å². The number of benzene rings is 6. The van der Waals surface area contributed by atoms with Crippen molar-refractivity contribution < 1.29 is 42.7 Å². The highest BCUT2D eigenvalue weighted by molar-refractivity contribution is 5.71. The van der Waals surface area contributed by atoms with Crippen LogP contribution in [0.3, 0.4) is 0 Å². The van der Waals surface area contributed by atoms with Gasteiger partial charge in [0.25, 0.3) is 0 Å². The van der Waals surface area contributed by atoms with E-state index in [0.29, 0.717) is 38.3 Å². The van der Waals surface area contributed by atoms with Crippen molar-refractivity contribution >= 4 is 5.97 Å². The minimum atomic E-state index is -0.784. The lowest BCUT2D eigenvalue weighted by atomic mass is 9.74. The van der Waals surface area contributed by atoms with Crippen LogP contribution in [0, 0.1) is 17.8 Å². The van der Waals surface area contributed by atoms with Crippen LogP contribution in [0.25, 0.3) is 0 Å². The molecule has 6 aromatic carbocycles. The molecule has 0 aromatic heterocycles. The lowest BCUT2D eigenvalue weighted by molar-refractivity contribution is -0.338. The Morgan fingerprint density at radius 1 is 0.567 bits per heavy atom. The Morgan fingerprint density at radius 3 is 1.66 bits per heavy atom. The summed E-state index contributed by atoms with van der Waals surface area (Å²) in [5.74, 6) is 1.38. The quantitative estimate of drug-likeness (QED) is 0.0655. The molecule has 9 heteroatoms. The van der Waals surface area contributed by atoms with Gasteiger partial charge in [0.05, 0.1) is 39.1 Å². The monoisotopic (exact) mass is 902 g/mol. The molecule has 9 rings (SSSR count). The van der Waals surface area contributed by atoms with Crippen molar-refractivity contribution in [2.45, 2.75) is 102 Å². The first kappa shape index (κ1) is 46.5. The van der Waals surface area contributed by atoms with Crippen molar-refractivity contribution in [3.05, 3.63) is 209 Å². The van der Waals surface area contributed by atoms with Crippen molar-refractivity contribution in [2.75, 3.05) is 13.2 Å². The molecule has 9 nitrogen and oxygen atoms in total. The maximum atomic E-state index is 12.8. The first-order chi connectivity index (χ1) is 33.1. The van der Waals surface area contributed by atoms with Crippen LogP contribution in [0.1, 0.15) is 58.7 Å². The van der Waals surface area contributed by atoms with Gasteiger partial charge in [-0.05, 0) is 82.0 Å². The Bertz CT molecular complexity index is 2400. The van der Waals surface area contributed by atoms with Gasteiger partial charge in [0.1, 0.15) is 36.8 Å². The third-order valence-corrected chi connectivity index (χ3v) is 13.5. The Balaban J connectivity index is 0.969. The van der Waals surface area contributed by atoms with E-state index in [1.54, 1.807) is 0 Å². The molecule has 1 unspecified atom stereocenters. The van der Waals surface area contributed by atoms with Crippen LogP contribution in [0.4, 0.5) is 0 Å². The number of esters is 1. The van der Waals surface area contributed by atoms with Crippen LogP contribution >= 0.6 is 0 Å². The number of rotatable bonds is 21. The molecule has 1 heterocycles. The number of hydrogen-bond donors (Lipinski definition) is 0. The third kappa shape index (κ3) is 12.3. The van der Waals surface area contributed by atoms with Gasteiger partial charge in [-0.1, -0.05) is 177 Å². The van der Waals surface area contributed by atoms with Gasteiger partial charge in [-0.15, -0.1) is 0 Å². The molecule has 0 spiro atoms. The molecule has 6 aromatic rings. The van der Waals surface area contributed by atoms with Gasteiger partial charge < -0.3 is 37.9 Å². The average molecular weight is 903 g/mol. The Kier molecular flexibility index (Phi) is 16.2. The molecule has 9 atom stereocenters. The summed E-state index contributed by atoms with van der Waals surface area (Å²) in [6.07, 6.45) is 0.320. The predicted octanol–water partition coefficient (Wildman–Crippen LogP) is 10.7. The van der Waals surface area contributed by atoms with E-state index in [4.69, 9.17) is 37.9 Å². The lowest BCUT2D eigenvalue weighted by Gasteiger charge is -2.47. The maximum absolute atomic E-state index is 12.8. The fourth-order valence-electron chi connectivity index (χ4n) is 10.2. The fraction of sp³-hybridized carbons (Fsp3) is 0.362. The molecule has 1 aliphatic heterocycles. The number of carbonyl (C=O) groups excluding carboxylic acids is 1. The minimum absolute atomic E-state index is 0.109. The van der Waals surface area contributed by atoms with Crippen LogP contribution in [0.15, 0.2) is 170 Å². The standard InChI is InChI=1S/C58H62O9/c1-2-48-49-31-46-29-18-30-51(61-40-54(59)62-35-42-21-10-4-11-22-42)50(46)32-47(49)33-52(48)66-58-57(65-38-45-27-16-7-17-28-45)56(64-37-44-25-14-6-15-26-44)55(63-36-43-23-12-5-13-24-43)53(67-58)39-60-34-41-19-8-3-9-20-41/h3-30,47-49,52-53,55-58H,2,31-40H2,1H3/t47-,48+,49-,52+,53-,55-,56+,57-,58?/m1/s1. The molecular weight excluding hydrogens is 841 g/mol. The molecule has 0 bridgehead atoms. The van der Waals surface area contributed by atoms with E-state index in [9.17, 15) is 4.79 Å². The largest absolute Gasteiger partial charge is 0.482 e. The van der Waals surface area contributed by atoms with E-state index >= 15 is 0 Å². The van der Waals surface area contributed by atoms with E-state index < -0.39 is 36.7 Å². The van der Waals surface area contributed by atoms with Crippen LogP contribution in [0.2, 0.25) is 0 Å². The van der Waals surface area contributed by atoms with Crippen LogP contribution in [0.5, 0.6) is 5.75 Å². The average Bonchev–Trinajstić information content (AvgIpc) is 3.72. The molecule has 0 amide bonds. The maximum Gasteiger partial charge on any atom is 0.344 e. The lowest BCUT2D eigenvalue weighted by Crippen LogP contribution is -2.62. The molecule has 3 aliphatic rings. The van der Waals surface area contributed by atoms with E-state index in [2.05, 4.69) is 61.5 Å². The van der Waals surface area contributed by atoms with Crippen molar-refractivity contribution in [1.82, 2.24) is 0 Å². The zero-order valence-electron chi connectivity index (χ0n) is 38.3. The zero-order chi connectivity index (χ0) is 45.6. The van der Waals surface area contributed by atoms with Crippen molar-refractivity contribution in [3.8, 4) is 5.75 Å². The van der Waals surface area contributed by atoms with Crippen molar-refractivity contribution in [1.29, 1.82) is 0 Å². The van der Waals surface area contributed by atoms with Crippen molar-refractivity contribution in [2.24, 2.45) is 17.8 Å². The third-order valence-electron chi connectivity index (χ3n) is 13.5. The van der Waals surface area contributed by atoms with Gasteiger partial charge >= 0.3 is 5.97 Å². The smallest absolute Gasteiger partial charge is 0.344 e. The Morgan fingerprint density at radius 2 is 1.09 bits per heavy atom. The molecule has 0 radical (unpaired) electrons. The summed E-state index contributed by atoms with van der Waals surface area (Å²) in [5, 5.41) is 0. The van der Waals surface area contributed by atoms with Gasteiger partial charge in [-0.25, -0.2) is 4.79 Å². The summed E-state index contributed by atoms with van der Waals surface area (Å²) in [6.45, 7) is 4.06. The second kappa shape index (κ2) is 23.4. The Labute approximate surface area is 395 Å². The van der Waals surface area contributed by atoms with Gasteiger partial charge in [-0.2, -0.15) is 0 Å². The SMILES string of the molecule is CC[C@H]1[C@@H]2Cc3cccc(OCC(=O)OCc4ccccc4)c3C[C@@H]2C[C@@H]1OC1O[C@H](COCc2ccccc2)[C@@H](OCc2ccccc2)[C@H](OCc2ccccc2)[C@H]1OCc1ccccc1. The van der Waals surface area contributed by atoms with Gasteiger partial charge in [0.2, 0.25) is 0 Å². The number of ether oxygens (including phenoxy) is 8. The van der Waals surface area contributed by atoms with Crippen LogP contribution in [-0.4, -0.2) is 56.0 Å². The molecule has 2 aliphatic carbocycles. The summed E-state index contributed by atoms with van der Waals surface area (Å²) < 4.78 is 53.7. The highest BCUT2D eigenvalue weighted by Crippen LogP contribution is 2.50. The zero-order valence-corrected chi connectivity index (χ0v) is 38.3. The molecule has 2 fully saturated rings. The molecular formula is C58H62O9. The Hall–Kier alpha value is -5.65. The normalized spacial score (nSPS) is 24.3. The van der Waals surface area contributed by atoms with E-state index in [1.165, 1.54) is 5.56 Å². The molecule has 1 saturated carbocycles.